The van der Waals surface area contributed by atoms with E-state index in [2.05, 4.69) is 109 Å². The summed E-state index contributed by atoms with van der Waals surface area (Å²) in [6.45, 7) is 9.13. The fourth-order valence-corrected chi connectivity index (χ4v) is 14.1. The van der Waals surface area contributed by atoms with Crippen LogP contribution in [0.3, 0.4) is 0 Å². The van der Waals surface area contributed by atoms with Gasteiger partial charge in [-0.25, -0.2) is 24.9 Å². The fourth-order valence-electron chi connectivity index (χ4n) is 13.6. The number of rotatable bonds is 15. The van der Waals surface area contributed by atoms with Crippen molar-refractivity contribution in [1.82, 2.24) is 34.9 Å². The first-order valence-corrected chi connectivity index (χ1v) is 41.4. The first-order valence-electron chi connectivity index (χ1n) is 40.6. The van der Waals surface area contributed by atoms with Gasteiger partial charge in [-0.15, -0.1) is 43.9 Å². The van der Waals surface area contributed by atoms with Gasteiger partial charge in [0.25, 0.3) is 29.5 Å². The van der Waals surface area contributed by atoms with Crippen LogP contribution >= 0.6 is 23.2 Å². The molecule has 0 unspecified atom stereocenters. The Kier molecular flexibility index (Phi) is 26.3. The number of nitrogens with one attached hydrogen (secondary N) is 5. The van der Waals surface area contributed by atoms with Crippen molar-refractivity contribution in [2.75, 3.05) is 26.6 Å². The summed E-state index contributed by atoms with van der Waals surface area (Å²) in [4.78, 5) is 90.4. The Balaban J connectivity index is 0.000000124. The number of nitrogens with zero attached hydrogens (tertiary/aromatic N) is 7. The molecule has 0 saturated carbocycles. The molecule has 0 bridgehead atoms. The quantitative estimate of drug-likeness (QED) is 0.0595. The predicted molar refractivity (Wildman–Crippen MR) is 481 cm³/mol. The number of alkyl halides is 10. The number of fused-ring (bicyclic) bond motifs is 5. The molecular weight excluding hydrogens is 1850 g/mol. The van der Waals surface area contributed by atoms with E-state index in [4.69, 9.17) is 23.2 Å². The Labute approximate surface area is 779 Å². The lowest BCUT2D eigenvalue weighted by molar-refractivity contribution is -0.287. The van der Waals surface area contributed by atoms with Crippen molar-refractivity contribution in [3.05, 3.63) is 346 Å². The van der Waals surface area contributed by atoms with Crippen molar-refractivity contribution in [2.45, 2.75) is 66.1 Å². The molecule has 5 N–H and O–H groups in total. The van der Waals surface area contributed by atoms with Crippen LogP contribution < -0.4 is 74.0 Å². The molecule has 692 valence electrons. The fraction of sp³-hybridized carbons (Fsp3) is 0.102. The summed E-state index contributed by atoms with van der Waals surface area (Å²) in [5.41, 5.74) is 12.2. The third kappa shape index (κ3) is 22.9. The van der Waals surface area contributed by atoms with Crippen molar-refractivity contribution in [2.24, 2.45) is 0 Å². The van der Waals surface area contributed by atoms with Crippen LogP contribution in [-0.4, -0.2) is 95.9 Å². The van der Waals surface area contributed by atoms with Crippen LogP contribution in [0.4, 0.5) is 73.0 Å². The maximum atomic E-state index is 13.2. The molecule has 10 aromatic carbocycles. The average Bonchev–Trinajstić information content (AvgIpc) is 1.66. The molecule has 5 aliphatic rings. The van der Waals surface area contributed by atoms with E-state index >= 15 is 0 Å². The molecule has 0 spiro atoms. The Hall–Kier alpha value is -17.0. The number of ether oxygens (including phenoxy) is 10. The minimum absolute atomic E-state index is 0.000883. The SMILES string of the molecule is Cc1cc2c(cc1-c1ccc(NC(=O)c3ccccc3)nc1)OC(F)(F)O2.Cc1cc2c(cc1-c1cnc(NC(=O)c3ccccc3)cn1)OC(F)(F)O2.Cc1ccc(C(=O)Nc2ccc(-c3cc4c(cc3Cl)OC(F)(F)O4)cn2)cc1.Cc1ccc(C(=O)Nc2cnc(-c3cc4c(cc3C)OC(F)(F)O4)cn2)cc1.O=C(Nc1ccc(-c2cc3c(cc2Cl)OC(F)(F)O3)cn1)c1ccccc1. The van der Waals surface area contributed by atoms with E-state index in [0.29, 0.717) is 112 Å². The molecule has 0 saturated heterocycles. The molecule has 5 aliphatic heterocycles. The maximum absolute atomic E-state index is 13.2. The Bertz CT molecular complexity index is 6530. The number of carbonyl (C=O) groups excluding carboxylic acids is 5. The zero-order valence-electron chi connectivity index (χ0n) is 71.3. The number of hydrogen-bond acceptors (Lipinski definition) is 22. The van der Waals surface area contributed by atoms with E-state index in [9.17, 15) is 67.9 Å². The van der Waals surface area contributed by atoms with Gasteiger partial charge in [-0.3, -0.25) is 33.9 Å². The van der Waals surface area contributed by atoms with Gasteiger partial charge in [0, 0.05) is 97.5 Å². The second-order valence-electron chi connectivity index (χ2n) is 30.2. The molecule has 0 atom stereocenters. The highest BCUT2D eigenvalue weighted by atomic mass is 35.5. The highest BCUT2D eigenvalue weighted by Gasteiger charge is 2.48. The van der Waals surface area contributed by atoms with Gasteiger partial charge < -0.3 is 74.0 Å². The lowest BCUT2D eigenvalue weighted by atomic mass is 10.0. The molecule has 137 heavy (non-hydrogen) atoms. The Morgan fingerprint density at radius 3 is 0.730 bits per heavy atom. The summed E-state index contributed by atoms with van der Waals surface area (Å²) in [5.74, 6) is -0.520. The van der Waals surface area contributed by atoms with Crippen LogP contribution in [0.1, 0.15) is 79.6 Å². The van der Waals surface area contributed by atoms with Crippen LogP contribution in [0.25, 0.3) is 55.9 Å². The van der Waals surface area contributed by atoms with E-state index in [-0.39, 0.29) is 109 Å². The summed E-state index contributed by atoms with van der Waals surface area (Å²) >= 11 is 12.3. The van der Waals surface area contributed by atoms with Crippen LogP contribution in [0.2, 0.25) is 10.0 Å². The monoisotopic (exact) mass is 1910 g/mol. The second-order valence-corrected chi connectivity index (χ2v) is 31.0. The number of aromatic nitrogens is 7. The highest BCUT2D eigenvalue weighted by Crippen LogP contribution is 2.51. The molecular formula is C98H66Cl2F10N12O15. The van der Waals surface area contributed by atoms with Crippen LogP contribution in [-0.2, 0) is 0 Å². The zero-order valence-corrected chi connectivity index (χ0v) is 72.9. The first kappa shape index (κ1) is 93.3. The minimum atomic E-state index is -3.72. The number of carbonyl (C=O) groups is 5. The third-order valence-corrected chi connectivity index (χ3v) is 20.9. The summed E-state index contributed by atoms with van der Waals surface area (Å²) in [6.07, 6.45) is -8.23. The van der Waals surface area contributed by atoms with Gasteiger partial charge in [0.15, 0.2) is 69.1 Å². The number of anilines is 5. The van der Waals surface area contributed by atoms with Crippen LogP contribution in [0.15, 0.2) is 280 Å². The van der Waals surface area contributed by atoms with E-state index in [1.807, 2.05) is 56.3 Å². The highest BCUT2D eigenvalue weighted by molar-refractivity contribution is 6.34. The first-order chi connectivity index (χ1) is 65.3. The number of hydrogen-bond donors (Lipinski definition) is 5. The van der Waals surface area contributed by atoms with Gasteiger partial charge in [0.2, 0.25) is 0 Å². The molecule has 5 aromatic heterocycles. The number of pyridine rings is 3. The molecule has 15 aromatic rings. The molecule has 27 nitrogen and oxygen atoms in total. The summed E-state index contributed by atoms with van der Waals surface area (Å²) in [5, 5.41) is 13.8. The van der Waals surface area contributed by atoms with E-state index < -0.39 is 31.5 Å². The van der Waals surface area contributed by atoms with Crippen molar-refractivity contribution in [3.8, 4) is 113 Å². The van der Waals surface area contributed by atoms with Gasteiger partial charge in [0.1, 0.15) is 17.5 Å². The lowest BCUT2D eigenvalue weighted by Gasteiger charge is -2.09. The van der Waals surface area contributed by atoms with E-state index in [0.717, 1.165) is 16.7 Å². The Morgan fingerprint density at radius 2 is 0.467 bits per heavy atom. The average molecular weight is 1910 g/mol. The second kappa shape index (κ2) is 38.7. The van der Waals surface area contributed by atoms with Gasteiger partial charge in [-0.1, -0.05) is 113 Å². The van der Waals surface area contributed by atoms with Crippen molar-refractivity contribution < 1.29 is 115 Å². The van der Waals surface area contributed by atoms with Crippen molar-refractivity contribution in [3.63, 3.8) is 0 Å². The number of amides is 5. The normalized spacial score (nSPS) is 14.0. The molecule has 39 heteroatoms. The van der Waals surface area contributed by atoms with Crippen molar-refractivity contribution >= 4 is 81.8 Å². The van der Waals surface area contributed by atoms with Crippen LogP contribution in [0.5, 0.6) is 57.5 Å². The largest absolute Gasteiger partial charge is 0.586 e. The maximum Gasteiger partial charge on any atom is 0.586 e. The predicted octanol–water partition coefficient (Wildman–Crippen LogP) is 23.3. The number of aryl methyl sites for hydroxylation is 5. The van der Waals surface area contributed by atoms with Crippen LogP contribution in [0, 0.1) is 34.6 Å². The molecule has 0 aliphatic carbocycles. The smallest absolute Gasteiger partial charge is 0.395 e. The van der Waals surface area contributed by atoms with Gasteiger partial charge in [-0.2, -0.15) is 0 Å². The summed E-state index contributed by atoms with van der Waals surface area (Å²) < 4.78 is 176. The van der Waals surface area contributed by atoms with E-state index in [1.165, 1.54) is 97.8 Å². The molecule has 0 fully saturated rings. The molecule has 20 rings (SSSR count). The lowest BCUT2D eigenvalue weighted by Crippen LogP contribution is -2.25. The van der Waals surface area contributed by atoms with Gasteiger partial charge in [-0.05, 0) is 202 Å². The minimum Gasteiger partial charge on any atom is -0.395 e. The van der Waals surface area contributed by atoms with Gasteiger partial charge in [0.05, 0.1) is 46.2 Å². The molecule has 5 amide bonds. The summed E-state index contributed by atoms with van der Waals surface area (Å²) in [6, 6.07) is 64.4. The topological polar surface area (TPSA) is 328 Å². The summed E-state index contributed by atoms with van der Waals surface area (Å²) in [7, 11) is 0. The molecule has 0 radical (unpaired) electrons. The third-order valence-electron chi connectivity index (χ3n) is 20.2. The standard InChI is InChI=1S/C20H13ClF2N2O3.C20H15F2N3O3.C20H14F2N2O3.C19H11ClF2N2O3.C19H13F2N3O3/c1-11-2-4-12(5-3-11)19(26)25-18-7-6-13(10-24-18)14-8-16-17(9-15(14)21)28-20(22,23)27-16;1-11-3-5-13(6-4-11)19(26)25-18-10-23-15(9-24-18)14-8-17-16(7-12(14)2)27-20(21,22)28-17;1-12-9-16-17(27-20(21,22)26-16)10-15(12)14-7-8-18(23-11-14)24-19(25)13-5-3-2-4-6-13;20-14-9-16-15(26-19(21,22)27-16)8-13(14)12-6-7-17(23-10-12)24-18(25)11-4-2-1-3-5-11;1-11-7-15-16(27-19(20,21)26-15)8-13(11)14-9-23-17(10-22-14)24-18(25)12-5-3-2-4-6-12/h2-10H,1H3,(H,24,25,26);3-10H,1-2H3,(H,24,25,26);2-11H,1H3,(H,23,24,25);1-10H,(H,23,24,25);2-10H,1H3,(H,23,24,25). The number of benzene rings is 10. The molecule has 10 heterocycles. The van der Waals surface area contributed by atoms with Crippen molar-refractivity contribution in [1.29, 1.82) is 0 Å². The Morgan fingerprint density at radius 1 is 0.241 bits per heavy atom. The van der Waals surface area contributed by atoms with Gasteiger partial charge >= 0.3 is 31.5 Å². The van der Waals surface area contributed by atoms with E-state index in [1.54, 1.807) is 160 Å². The zero-order chi connectivity index (χ0) is 96.8. The number of halogens is 12.